The van der Waals surface area contributed by atoms with Crippen molar-refractivity contribution < 1.29 is 19.1 Å². The van der Waals surface area contributed by atoms with Crippen LogP contribution in [0.2, 0.25) is 0 Å². The van der Waals surface area contributed by atoms with Crippen LogP contribution in [0.25, 0.3) is 16.6 Å². The predicted octanol–water partition coefficient (Wildman–Crippen LogP) is 2.73. The van der Waals surface area contributed by atoms with Crippen LogP contribution < -0.4 is 11.0 Å². The minimum Gasteiger partial charge on any atom is -0.444 e. The maximum atomic E-state index is 13.2. The van der Waals surface area contributed by atoms with Gasteiger partial charge in [0.15, 0.2) is 0 Å². The summed E-state index contributed by atoms with van der Waals surface area (Å²) in [4.78, 5) is 51.7. The Balaban J connectivity index is 1.69. The van der Waals surface area contributed by atoms with Crippen molar-refractivity contribution in [2.75, 3.05) is 13.1 Å². The molecule has 4 rings (SSSR count). The Hall–Kier alpha value is -3.36. The summed E-state index contributed by atoms with van der Waals surface area (Å²) in [6.07, 6.45) is 3.50. The molecule has 1 atom stereocenters. The van der Waals surface area contributed by atoms with E-state index in [2.05, 4.69) is 5.32 Å². The van der Waals surface area contributed by atoms with Crippen molar-refractivity contribution in [2.45, 2.75) is 58.1 Å². The Kier molecular flexibility index (Phi) is 5.90. The number of amides is 3. The molecule has 9 heteroatoms. The Morgan fingerprint density at radius 3 is 2.58 bits per heavy atom. The number of benzene rings is 1. The maximum Gasteiger partial charge on any atom is 0.410 e. The molecule has 0 bridgehead atoms. The minimum absolute atomic E-state index is 0.272. The molecule has 2 aromatic rings. The number of imide groups is 1. The molecule has 2 aliphatic heterocycles. The quantitative estimate of drug-likeness (QED) is 0.703. The molecule has 3 heterocycles. The van der Waals surface area contributed by atoms with E-state index in [-0.39, 0.29) is 24.1 Å². The predicted molar refractivity (Wildman–Crippen MR) is 124 cm³/mol. The van der Waals surface area contributed by atoms with E-state index < -0.39 is 17.6 Å². The Labute approximate surface area is 192 Å². The number of carbonyl (C=O) groups excluding carboxylic acids is 3. The summed E-state index contributed by atoms with van der Waals surface area (Å²) < 4.78 is 8.53. The van der Waals surface area contributed by atoms with Crippen LogP contribution in [0.5, 0.6) is 0 Å². The van der Waals surface area contributed by atoms with Gasteiger partial charge >= 0.3 is 11.8 Å². The van der Waals surface area contributed by atoms with Crippen LogP contribution in [0.1, 0.15) is 58.1 Å². The Bertz CT molecular complexity index is 1210. The van der Waals surface area contributed by atoms with Crippen LogP contribution >= 0.6 is 0 Å². The zero-order valence-corrected chi connectivity index (χ0v) is 19.5. The smallest absolute Gasteiger partial charge is 0.410 e. The number of hydrogen-bond acceptors (Lipinski definition) is 5. The monoisotopic (exact) mass is 454 g/mol. The van der Waals surface area contributed by atoms with Crippen LogP contribution in [0.15, 0.2) is 29.1 Å². The highest BCUT2D eigenvalue weighted by molar-refractivity contribution is 5.99. The first-order valence-corrected chi connectivity index (χ1v) is 11.3. The topological polar surface area (TPSA) is 103 Å². The molecular weight excluding hydrogens is 424 g/mol. The lowest BCUT2D eigenvalue weighted by Gasteiger charge is -2.29. The molecule has 0 saturated carbocycles. The third-order valence-electron chi connectivity index (χ3n) is 6.07. The van der Waals surface area contributed by atoms with E-state index in [1.807, 2.05) is 45.0 Å². The number of hydrogen-bond donors (Lipinski definition) is 1. The molecule has 2 aliphatic rings. The molecule has 3 amide bonds. The van der Waals surface area contributed by atoms with Crippen molar-refractivity contribution in [1.82, 2.24) is 19.4 Å². The number of rotatable bonds is 2. The molecule has 1 saturated heterocycles. The van der Waals surface area contributed by atoms with Gasteiger partial charge in [-0.2, -0.15) is 0 Å². The minimum atomic E-state index is -0.731. The lowest BCUT2D eigenvalue weighted by atomic mass is 9.98. The number of para-hydroxylation sites is 1. The molecule has 33 heavy (non-hydrogen) atoms. The van der Waals surface area contributed by atoms with Gasteiger partial charge in [0.1, 0.15) is 11.6 Å². The van der Waals surface area contributed by atoms with Gasteiger partial charge in [-0.05, 0) is 51.7 Å². The molecule has 1 unspecified atom stereocenters. The van der Waals surface area contributed by atoms with Crippen molar-refractivity contribution in [3.05, 3.63) is 40.3 Å². The zero-order chi connectivity index (χ0) is 23.9. The van der Waals surface area contributed by atoms with E-state index in [1.54, 1.807) is 16.5 Å². The number of nitrogens with one attached hydrogen (secondary N) is 1. The van der Waals surface area contributed by atoms with E-state index >= 15 is 0 Å². The van der Waals surface area contributed by atoms with Crippen LogP contribution in [0.3, 0.4) is 0 Å². The average Bonchev–Trinajstić information content (AvgIpc) is 2.88. The number of carbonyl (C=O) groups is 3. The van der Waals surface area contributed by atoms with Crippen molar-refractivity contribution in [2.24, 2.45) is 7.05 Å². The first kappa shape index (κ1) is 22.8. The lowest BCUT2D eigenvalue weighted by Crippen LogP contribution is -2.39. The lowest BCUT2D eigenvalue weighted by molar-refractivity contribution is -0.131. The standard InChI is InChI=1S/C24H30N4O5/c1-24(2,3)33-23(32)27-13-11-15(12-14-27)16-7-5-8-17-20(16)26(4)22(31)28(17)18-9-6-10-19(29)25-21(18)30/h5,7-8,11,18H,6,9-10,12-14H2,1-4H3,(H,25,29,30). The van der Waals surface area contributed by atoms with E-state index in [9.17, 15) is 19.2 Å². The van der Waals surface area contributed by atoms with Crippen molar-refractivity contribution >= 4 is 34.5 Å². The highest BCUT2D eigenvalue weighted by atomic mass is 16.6. The van der Waals surface area contributed by atoms with Gasteiger partial charge in [-0.3, -0.25) is 24.0 Å². The fourth-order valence-corrected chi connectivity index (χ4v) is 4.52. The Morgan fingerprint density at radius 2 is 1.91 bits per heavy atom. The number of fused-ring (bicyclic) bond motifs is 1. The summed E-state index contributed by atoms with van der Waals surface area (Å²) in [7, 11) is 1.70. The SMILES string of the molecule is Cn1c(=O)n(C2CCCC(=O)NC2=O)c2cccc(C3=CCN(C(=O)OC(C)(C)C)CC3)c21. The molecule has 1 aromatic heterocycles. The number of nitrogens with zero attached hydrogens (tertiary/aromatic N) is 3. The van der Waals surface area contributed by atoms with Crippen LogP contribution in [0.4, 0.5) is 4.79 Å². The molecule has 1 aromatic carbocycles. The van der Waals surface area contributed by atoms with Crippen molar-refractivity contribution in [3.8, 4) is 0 Å². The van der Waals surface area contributed by atoms with E-state index in [0.29, 0.717) is 37.9 Å². The summed E-state index contributed by atoms with van der Waals surface area (Å²) in [5.41, 5.74) is 2.49. The average molecular weight is 455 g/mol. The van der Waals surface area contributed by atoms with Gasteiger partial charge in [0.25, 0.3) is 0 Å². The van der Waals surface area contributed by atoms with Crippen molar-refractivity contribution in [3.63, 3.8) is 0 Å². The van der Waals surface area contributed by atoms with Gasteiger partial charge in [0.05, 0.1) is 11.0 Å². The Morgan fingerprint density at radius 1 is 1.15 bits per heavy atom. The molecule has 0 radical (unpaired) electrons. The molecule has 1 fully saturated rings. The maximum absolute atomic E-state index is 13.2. The summed E-state index contributed by atoms with van der Waals surface area (Å²) >= 11 is 0. The second-order valence-corrected chi connectivity index (χ2v) is 9.61. The summed E-state index contributed by atoms with van der Waals surface area (Å²) in [6, 6.07) is 4.92. The summed E-state index contributed by atoms with van der Waals surface area (Å²) in [5.74, 6) is -0.749. The van der Waals surface area contributed by atoms with Gasteiger partial charge < -0.3 is 9.64 Å². The van der Waals surface area contributed by atoms with Crippen LogP contribution in [-0.4, -0.2) is 50.6 Å². The molecule has 1 N–H and O–H groups in total. The van der Waals surface area contributed by atoms with Crippen LogP contribution in [-0.2, 0) is 21.4 Å². The number of imidazole rings is 1. The van der Waals surface area contributed by atoms with Gasteiger partial charge in [-0.25, -0.2) is 9.59 Å². The van der Waals surface area contributed by atoms with E-state index in [4.69, 9.17) is 4.74 Å². The highest BCUT2D eigenvalue weighted by Gasteiger charge is 2.30. The van der Waals surface area contributed by atoms with Gasteiger partial charge in [0.2, 0.25) is 11.8 Å². The van der Waals surface area contributed by atoms with Gasteiger partial charge in [0, 0.05) is 32.1 Å². The summed E-state index contributed by atoms with van der Waals surface area (Å²) in [6.45, 7) is 6.45. The summed E-state index contributed by atoms with van der Waals surface area (Å²) in [5, 5.41) is 2.39. The highest BCUT2D eigenvalue weighted by Crippen LogP contribution is 2.31. The number of ether oxygens (including phenoxy) is 1. The van der Waals surface area contributed by atoms with Crippen molar-refractivity contribution in [1.29, 1.82) is 0 Å². The normalized spacial score (nSPS) is 19.8. The second kappa shape index (κ2) is 8.53. The van der Waals surface area contributed by atoms with E-state index in [1.165, 1.54) is 4.57 Å². The third kappa shape index (κ3) is 4.44. The fraction of sp³-hybridized carbons (Fsp3) is 0.500. The first-order valence-electron chi connectivity index (χ1n) is 11.3. The third-order valence-corrected chi connectivity index (χ3v) is 6.07. The molecule has 0 spiro atoms. The molecule has 0 aliphatic carbocycles. The zero-order valence-electron chi connectivity index (χ0n) is 19.5. The van der Waals surface area contributed by atoms with E-state index in [0.717, 1.165) is 16.7 Å². The second-order valence-electron chi connectivity index (χ2n) is 9.61. The number of aryl methyl sites for hydroxylation is 1. The first-order chi connectivity index (χ1) is 15.6. The van der Waals surface area contributed by atoms with Gasteiger partial charge in [-0.1, -0.05) is 18.2 Å². The van der Waals surface area contributed by atoms with Crippen LogP contribution in [0, 0.1) is 0 Å². The largest absolute Gasteiger partial charge is 0.444 e. The molecular formula is C24H30N4O5. The molecule has 9 nitrogen and oxygen atoms in total. The molecule has 176 valence electrons. The fourth-order valence-electron chi connectivity index (χ4n) is 4.52. The van der Waals surface area contributed by atoms with Gasteiger partial charge in [-0.15, -0.1) is 0 Å². The number of aromatic nitrogens is 2.